The van der Waals surface area contributed by atoms with Crippen LogP contribution in [0.25, 0.3) is 11.4 Å². The quantitative estimate of drug-likeness (QED) is 0.589. The molecule has 7 nitrogen and oxygen atoms in total. The normalized spacial score (nSPS) is 19.0. The van der Waals surface area contributed by atoms with Gasteiger partial charge in [-0.1, -0.05) is 33.2 Å². The third-order valence-corrected chi connectivity index (χ3v) is 5.11. The molecule has 0 amide bonds. The number of nitrogens with one attached hydrogen (secondary N) is 2. The number of hydrogen-bond acceptors (Lipinski definition) is 7. The predicted molar refractivity (Wildman–Crippen MR) is 108 cm³/mol. The molecule has 2 atom stereocenters. The Morgan fingerprint density at radius 1 is 1.14 bits per heavy atom. The molecule has 4 rings (SSSR count). The summed E-state index contributed by atoms with van der Waals surface area (Å²) < 4.78 is 17.5. The summed E-state index contributed by atoms with van der Waals surface area (Å²) in [6.45, 7) is 2.50. The molecule has 8 heteroatoms. The van der Waals surface area contributed by atoms with Crippen molar-refractivity contribution in [3.63, 3.8) is 0 Å². The Balaban J connectivity index is 1.50. The monoisotopic (exact) mass is 444 g/mol. The molecule has 146 valence electrons. The molecule has 2 unspecified atom stereocenters. The van der Waals surface area contributed by atoms with Gasteiger partial charge in [-0.25, -0.2) is 10.9 Å². The highest BCUT2D eigenvalue weighted by molar-refractivity contribution is 9.10. The van der Waals surface area contributed by atoms with E-state index in [2.05, 4.69) is 49.1 Å². The average Bonchev–Trinajstić information content (AvgIpc) is 3.38. The SMILES string of the molecule is CCOc1ccc(-c2noc(C3CC(c4cccc(Br)c4)NN3)n2)cc1OC. The van der Waals surface area contributed by atoms with E-state index in [0.29, 0.717) is 29.8 Å². The van der Waals surface area contributed by atoms with Crippen molar-refractivity contribution in [1.29, 1.82) is 0 Å². The summed E-state index contributed by atoms with van der Waals surface area (Å²) >= 11 is 3.52. The van der Waals surface area contributed by atoms with Crippen LogP contribution in [-0.2, 0) is 0 Å². The Labute approximate surface area is 171 Å². The van der Waals surface area contributed by atoms with Crippen LogP contribution in [0.3, 0.4) is 0 Å². The fourth-order valence-corrected chi connectivity index (χ4v) is 3.65. The lowest BCUT2D eigenvalue weighted by Gasteiger charge is -2.09. The van der Waals surface area contributed by atoms with Gasteiger partial charge in [0.15, 0.2) is 11.5 Å². The van der Waals surface area contributed by atoms with E-state index < -0.39 is 0 Å². The summed E-state index contributed by atoms with van der Waals surface area (Å²) in [4.78, 5) is 4.57. The van der Waals surface area contributed by atoms with Gasteiger partial charge >= 0.3 is 0 Å². The molecular formula is C20H21BrN4O3. The Kier molecular flexibility index (Phi) is 5.61. The van der Waals surface area contributed by atoms with E-state index in [1.807, 2.05) is 37.3 Å². The molecule has 1 aromatic heterocycles. The molecule has 1 saturated heterocycles. The third-order valence-electron chi connectivity index (χ3n) is 4.62. The Bertz CT molecular complexity index is 962. The highest BCUT2D eigenvalue weighted by Gasteiger charge is 2.30. The number of benzene rings is 2. The molecule has 2 aromatic carbocycles. The lowest BCUT2D eigenvalue weighted by molar-refractivity contribution is 0.311. The van der Waals surface area contributed by atoms with Crippen LogP contribution in [0.15, 0.2) is 51.5 Å². The minimum Gasteiger partial charge on any atom is -0.493 e. The molecule has 1 fully saturated rings. The van der Waals surface area contributed by atoms with Gasteiger partial charge in [-0.3, -0.25) is 0 Å². The minimum absolute atomic E-state index is 0.0603. The number of aromatic nitrogens is 2. The number of rotatable bonds is 6. The van der Waals surface area contributed by atoms with Crippen molar-refractivity contribution in [3.05, 3.63) is 58.4 Å². The van der Waals surface area contributed by atoms with E-state index in [1.165, 1.54) is 5.56 Å². The van der Waals surface area contributed by atoms with Crippen molar-refractivity contribution < 1.29 is 14.0 Å². The Hall–Kier alpha value is -2.42. The van der Waals surface area contributed by atoms with Crippen molar-refractivity contribution in [3.8, 4) is 22.9 Å². The van der Waals surface area contributed by atoms with Crippen LogP contribution in [0.1, 0.15) is 36.9 Å². The lowest BCUT2D eigenvalue weighted by Crippen LogP contribution is -2.26. The van der Waals surface area contributed by atoms with Gasteiger partial charge in [0.25, 0.3) is 0 Å². The van der Waals surface area contributed by atoms with Crippen LogP contribution < -0.4 is 20.3 Å². The summed E-state index contributed by atoms with van der Waals surface area (Å²) in [5, 5.41) is 4.14. The number of methoxy groups -OCH3 is 1. The number of halogens is 1. The van der Waals surface area contributed by atoms with Gasteiger partial charge in [0.1, 0.15) is 6.04 Å². The van der Waals surface area contributed by atoms with Crippen LogP contribution >= 0.6 is 15.9 Å². The topological polar surface area (TPSA) is 81.4 Å². The average molecular weight is 445 g/mol. The first-order valence-electron chi connectivity index (χ1n) is 9.09. The summed E-state index contributed by atoms with van der Waals surface area (Å²) in [5.74, 6) is 2.40. The molecule has 0 aliphatic carbocycles. The fourth-order valence-electron chi connectivity index (χ4n) is 3.24. The molecule has 1 aliphatic heterocycles. The Morgan fingerprint density at radius 3 is 2.79 bits per heavy atom. The van der Waals surface area contributed by atoms with E-state index in [-0.39, 0.29) is 12.1 Å². The maximum atomic E-state index is 5.56. The molecule has 0 bridgehead atoms. The van der Waals surface area contributed by atoms with Crippen molar-refractivity contribution in [2.45, 2.75) is 25.4 Å². The molecule has 2 heterocycles. The molecule has 0 saturated carbocycles. The van der Waals surface area contributed by atoms with E-state index >= 15 is 0 Å². The van der Waals surface area contributed by atoms with Crippen LogP contribution in [0.5, 0.6) is 11.5 Å². The largest absolute Gasteiger partial charge is 0.493 e. The first-order valence-corrected chi connectivity index (χ1v) is 9.88. The number of hydrazine groups is 1. The van der Waals surface area contributed by atoms with E-state index in [9.17, 15) is 0 Å². The second kappa shape index (κ2) is 8.30. The zero-order chi connectivity index (χ0) is 19.5. The van der Waals surface area contributed by atoms with Gasteiger partial charge in [0, 0.05) is 16.1 Å². The van der Waals surface area contributed by atoms with Gasteiger partial charge in [0.05, 0.1) is 13.7 Å². The molecule has 1 aliphatic rings. The second-order valence-corrected chi connectivity index (χ2v) is 7.36. The van der Waals surface area contributed by atoms with E-state index in [4.69, 9.17) is 14.0 Å². The summed E-state index contributed by atoms with van der Waals surface area (Å²) in [5.41, 5.74) is 8.55. The standard InChI is InChI=1S/C20H21BrN4O3/c1-3-27-17-8-7-13(10-18(17)26-2)19-22-20(28-25-19)16-11-15(23-24-16)12-5-4-6-14(21)9-12/h4-10,15-16,23-24H,3,11H2,1-2H3. The molecule has 28 heavy (non-hydrogen) atoms. The van der Waals surface area contributed by atoms with Crippen LogP contribution in [0.4, 0.5) is 0 Å². The summed E-state index contributed by atoms with van der Waals surface area (Å²) in [6, 6.07) is 13.9. The zero-order valence-electron chi connectivity index (χ0n) is 15.6. The smallest absolute Gasteiger partial charge is 0.245 e. The highest BCUT2D eigenvalue weighted by atomic mass is 79.9. The molecule has 2 N–H and O–H groups in total. The van der Waals surface area contributed by atoms with Gasteiger partial charge < -0.3 is 14.0 Å². The molecule has 0 spiro atoms. The van der Waals surface area contributed by atoms with Crippen molar-refractivity contribution in [1.82, 2.24) is 21.0 Å². The zero-order valence-corrected chi connectivity index (χ0v) is 17.2. The first kappa shape index (κ1) is 18.9. The van der Waals surface area contributed by atoms with Crippen molar-refractivity contribution >= 4 is 15.9 Å². The first-order chi connectivity index (χ1) is 13.7. The highest BCUT2D eigenvalue weighted by Crippen LogP contribution is 2.34. The van der Waals surface area contributed by atoms with E-state index in [1.54, 1.807) is 7.11 Å². The van der Waals surface area contributed by atoms with Gasteiger partial charge in [0.2, 0.25) is 11.7 Å². The number of ether oxygens (including phenoxy) is 2. The Morgan fingerprint density at radius 2 is 2.00 bits per heavy atom. The molecular weight excluding hydrogens is 424 g/mol. The van der Waals surface area contributed by atoms with Gasteiger partial charge in [-0.05, 0) is 49.2 Å². The summed E-state index contributed by atoms with van der Waals surface area (Å²) in [7, 11) is 1.61. The van der Waals surface area contributed by atoms with Crippen LogP contribution in [-0.4, -0.2) is 23.9 Å². The predicted octanol–water partition coefficient (Wildman–Crippen LogP) is 4.19. The maximum absolute atomic E-state index is 5.56. The van der Waals surface area contributed by atoms with Gasteiger partial charge in [-0.2, -0.15) is 4.98 Å². The lowest BCUT2D eigenvalue weighted by atomic mass is 10.0. The number of hydrogen-bond donors (Lipinski definition) is 2. The molecule has 0 radical (unpaired) electrons. The van der Waals surface area contributed by atoms with Crippen LogP contribution in [0, 0.1) is 0 Å². The van der Waals surface area contributed by atoms with Crippen molar-refractivity contribution in [2.75, 3.05) is 13.7 Å². The minimum atomic E-state index is -0.0603. The van der Waals surface area contributed by atoms with Gasteiger partial charge in [-0.15, -0.1) is 0 Å². The van der Waals surface area contributed by atoms with Crippen molar-refractivity contribution in [2.24, 2.45) is 0 Å². The third kappa shape index (κ3) is 3.89. The maximum Gasteiger partial charge on any atom is 0.245 e. The second-order valence-electron chi connectivity index (χ2n) is 6.44. The van der Waals surface area contributed by atoms with Crippen LogP contribution in [0.2, 0.25) is 0 Å². The summed E-state index contributed by atoms with van der Waals surface area (Å²) in [6.07, 6.45) is 0.810. The number of nitrogens with zero attached hydrogens (tertiary/aromatic N) is 2. The molecule has 3 aromatic rings. The van der Waals surface area contributed by atoms with E-state index in [0.717, 1.165) is 16.5 Å². The fraction of sp³-hybridized carbons (Fsp3) is 0.300.